The number of nitrogens with zero attached hydrogens (tertiary/aromatic N) is 7. The van der Waals surface area contributed by atoms with Gasteiger partial charge in [-0.25, -0.2) is 9.67 Å². The predicted molar refractivity (Wildman–Crippen MR) is 93.9 cm³/mol. The van der Waals surface area contributed by atoms with Crippen molar-refractivity contribution < 1.29 is 4.79 Å². The number of aryl methyl sites for hydroxylation is 1. The number of nitrogens with one attached hydrogen (secondary N) is 1. The molecule has 9 nitrogen and oxygen atoms in total. The number of carbonyl (C=O) groups is 1. The Bertz CT molecular complexity index is 886. The van der Waals surface area contributed by atoms with Crippen LogP contribution in [0.4, 0.5) is 0 Å². The van der Waals surface area contributed by atoms with Gasteiger partial charge in [0.25, 0.3) is 5.91 Å². The van der Waals surface area contributed by atoms with Crippen molar-refractivity contribution in [1.29, 1.82) is 0 Å². The number of hydrogen-bond acceptors (Lipinski definition) is 6. The van der Waals surface area contributed by atoms with Gasteiger partial charge in [0, 0.05) is 43.5 Å². The molecule has 2 aromatic heterocycles. The van der Waals surface area contributed by atoms with Crippen molar-refractivity contribution in [2.75, 3.05) is 20.1 Å². The van der Waals surface area contributed by atoms with E-state index in [9.17, 15) is 4.79 Å². The van der Waals surface area contributed by atoms with Crippen LogP contribution in [0.2, 0.25) is 0 Å². The van der Waals surface area contributed by atoms with E-state index in [2.05, 4.69) is 37.8 Å². The maximum Gasteiger partial charge on any atom is 0.251 e. The Morgan fingerprint density at radius 2 is 1.96 bits per heavy atom. The molecule has 0 aliphatic carbocycles. The number of tetrazole rings is 1. The van der Waals surface area contributed by atoms with Crippen LogP contribution in [-0.4, -0.2) is 66.7 Å². The van der Waals surface area contributed by atoms with Crippen LogP contribution in [0.15, 0.2) is 43.1 Å². The minimum absolute atomic E-state index is 0.0436. The van der Waals surface area contributed by atoms with Crippen LogP contribution < -0.4 is 5.32 Å². The fourth-order valence-corrected chi connectivity index (χ4v) is 3.47. The van der Waals surface area contributed by atoms with Gasteiger partial charge in [-0.15, -0.1) is 5.10 Å². The first-order chi connectivity index (χ1) is 12.6. The molecular weight excluding hydrogens is 332 g/mol. The molecule has 0 unspecified atom stereocenters. The highest BCUT2D eigenvalue weighted by Gasteiger charge is 2.34. The van der Waals surface area contributed by atoms with Crippen molar-refractivity contribution in [3.8, 4) is 5.69 Å². The highest BCUT2D eigenvalue weighted by molar-refractivity contribution is 5.94. The molecule has 0 spiro atoms. The third-order valence-corrected chi connectivity index (χ3v) is 4.80. The summed E-state index contributed by atoms with van der Waals surface area (Å²) in [7, 11) is 4.05. The first kappa shape index (κ1) is 16.4. The van der Waals surface area contributed by atoms with E-state index >= 15 is 0 Å². The van der Waals surface area contributed by atoms with Crippen molar-refractivity contribution in [2.45, 2.75) is 12.0 Å². The molecule has 0 bridgehead atoms. The highest BCUT2D eigenvalue weighted by Crippen LogP contribution is 2.26. The molecule has 134 valence electrons. The summed E-state index contributed by atoms with van der Waals surface area (Å²) in [6.07, 6.45) is 5.19. The minimum Gasteiger partial charge on any atom is -0.347 e. The lowest BCUT2D eigenvalue weighted by Crippen LogP contribution is -2.40. The van der Waals surface area contributed by atoms with E-state index in [0.717, 1.165) is 24.5 Å². The lowest BCUT2D eigenvalue weighted by atomic mass is 9.99. The number of aromatic nitrogens is 6. The van der Waals surface area contributed by atoms with Gasteiger partial charge < -0.3 is 14.8 Å². The van der Waals surface area contributed by atoms with Crippen LogP contribution in [0.1, 0.15) is 22.0 Å². The molecule has 1 aliphatic heterocycles. The Hall–Kier alpha value is -3.07. The summed E-state index contributed by atoms with van der Waals surface area (Å²) < 4.78 is 3.57. The largest absolute Gasteiger partial charge is 0.347 e. The first-order valence-corrected chi connectivity index (χ1v) is 8.41. The van der Waals surface area contributed by atoms with Crippen LogP contribution in [0.3, 0.4) is 0 Å². The Kier molecular flexibility index (Phi) is 4.21. The Labute approximate surface area is 150 Å². The zero-order valence-electron chi connectivity index (χ0n) is 14.6. The molecule has 9 heteroatoms. The number of likely N-dealkylation sites (N-methyl/N-ethyl adjacent to an activating group) is 1. The molecule has 3 heterocycles. The van der Waals surface area contributed by atoms with Crippen molar-refractivity contribution in [3.05, 3.63) is 54.4 Å². The second-order valence-electron chi connectivity index (χ2n) is 6.64. The smallest absolute Gasteiger partial charge is 0.251 e. The third kappa shape index (κ3) is 3.08. The van der Waals surface area contributed by atoms with Crippen molar-refractivity contribution in [3.63, 3.8) is 0 Å². The van der Waals surface area contributed by atoms with Gasteiger partial charge in [0.05, 0.1) is 18.1 Å². The second-order valence-corrected chi connectivity index (χ2v) is 6.64. The normalized spacial score (nSPS) is 20.4. The van der Waals surface area contributed by atoms with Crippen molar-refractivity contribution in [2.24, 2.45) is 7.05 Å². The molecule has 1 amide bonds. The zero-order valence-corrected chi connectivity index (χ0v) is 14.6. The molecule has 1 fully saturated rings. The molecule has 3 aromatic rings. The summed E-state index contributed by atoms with van der Waals surface area (Å²) >= 11 is 0. The Morgan fingerprint density at radius 1 is 1.15 bits per heavy atom. The number of amides is 1. The van der Waals surface area contributed by atoms with Gasteiger partial charge in [-0.05, 0) is 41.7 Å². The van der Waals surface area contributed by atoms with Gasteiger partial charge in [0.1, 0.15) is 6.33 Å². The van der Waals surface area contributed by atoms with E-state index in [1.54, 1.807) is 23.1 Å². The topological polar surface area (TPSA) is 93.8 Å². The number of carbonyl (C=O) groups excluding carboxylic acids is 1. The van der Waals surface area contributed by atoms with Gasteiger partial charge in [0.2, 0.25) is 0 Å². The van der Waals surface area contributed by atoms with Crippen LogP contribution in [0.25, 0.3) is 5.69 Å². The number of benzene rings is 1. The summed E-state index contributed by atoms with van der Waals surface area (Å²) in [5.74, 6) is 0.137. The average Bonchev–Trinajstić information content (AvgIpc) is 3.36. The zero-order chi connectivity index (χ0) is 18.1. The van der Waals surface area contributed by atoms with E-state index in [0.29, 0.717) is 5.56 Å². The van der Waals surface area contributed by atoms with Crippen molar-refractivity contribution >= 4 is 5.91 Å². The van der Waals surface area contributed by atoms with Crippen LogP contribution in [0, 0.1) is 0 Å². The van der Waals surface area contributed by atoms with Gasteiger partial charge in [0.15, 0.2) is 0 Å². The summed E-state index contributed by atoms with van der Waals surface area (Å²) in [6, 6.07) is 7.26. The summed E-state index contributed by atoms with van der Waals surface area (Å²) in [4.78, 5) is 19.1. The van der Waals surface area contributed by atoms with Gasteiger partial charge in [-0.1, -0.05) is 0 Å². The number of hydrogen-bond donors (Lipinski definition) is 1. The molecule has 4 rings (SSSR count). The minimum atomic E-state index is -0.0827. The summed E-state index contributed by atoms with van der Waals surface area (Å²) in [6.45, 7) is 1.70. The highest BCUT2D eigenvalue weighted by atomic mass is 16.1. The Balaban J connectivity index is 1.49. The van der Waals surface area contributed by atoms with Gasteiger partial charge in [-0.2, -0.15) is 0 Å². The van der Waals surface area contributed by atoms with E-state index < -0.39 is 0 Å². The molecule has 1 aromatic carbocycles. The van der Waals surface area contributed by atoms with Gasteiger partial charge in [-0.3, -0.25) is 4.79 Å². The molecule has 1 saturated heterocycles. The lowest BCUT2D eigenvalue weighted by molar-refractivity contribution is 0.0935. The second kappa shape index (κ2) is 6.68. The number of rotatable bonds is 4. The average molecular weight is 352 g/mol. The third-order valence-electron chi connectivity index (χ3n) is 4.80. The maximum atomic E-state index is 12.7. The molecule has 1 aliphatic rings. The molecule has 0 radical (unpaired) electrons. The standard InChI is InChI=1S/C17H20N8O/c1-23-8-14(16-7-18-10-24(16)2)15(9-23)20-17(26)12-3-5-13(6-4-12)25-11-19-21-22-25/h3-7,10-11,14-15H,8-9H2,1-2H3,(H,20,26)/t14-,15-/m1/s1. The van der Waals surface area contributed by atoms with E-state index in [1.165, 1.54) is 6.33 Å². The molecule has 1 N–H and O–H groups in total. The molecule has 0 saturated carbocycles. The van der Waals surface area contributed by atoms with Crippen molar-refractivity contribution in [1.82, 2.24) is 40.0 Å². The molecule has 26 heavy (non-hydrogen) atoms. The first-order valence-electron chi connectivity index (χ1n) is 8.41. The Morgan fingerprint density at radius 3 is 2.62 bits per heavy atom. The SMILES string of the molecule is CN1C[C@@H](NC(=O)c2ccc(-n3cnnn3)cc2)[C@H](c2cncn2C)C1. The predicted octanol–water partition coefficient (Wildman–Crippen LogP) is 0.223. The van der Waals surface area contributed by atoms with E-state index in [-0.39, 0.29) is 17.9 Å². The van der Waals surface area contributed by atoms with Gasteiger partial charge >= 0.3 is 0 Å². The van der Waals surface area contributed by atoms with E-state index in [1.807, 2.05) is 29.9 Å². The summed E-state index contributed by atoms with van der Waals surface area (Å²) in [5, 5.41) is 14.2. The fourth-order valence-electron chi connectivity index (χ4n) is 3.47. The van der Waals surface area contributed by atoms with Crippen LogP contribution in [-0.2, 0) is 7.05 Å². The maximum absolute atomic E-state index is 12.7. The fraction of sp³-hybridized carbons (Fsp3) is 0.353. The number of imidazole rings is 1. The van der Waals surface area contributed by atoms with E-state index in [4.69, 9.17) is 0 Å². The lowest BCUT2D eigenvalue weighted by Gasteiger charge is -2.20. The van der Waals surface area contributed by atoms with Crippen LogP contribution >= 0.6 is 0 Å². The number of likely N-dealkylation sites (tertiary alicyclic amines) is 1. The molecule has 2 atom stereocenters. The molecular formula is C17H20N8O. The quantitative estimate of drug-likeness (QED) is 0.722. The monoisotopic (exact) mass is 352 g/mol. The van der Waals surface area contributed by atoms with Crippen LogP contribution in [0.5, 0.6) is 0 Å². The summed E-state index contributed by atoms with van der Waals surface area (Å²) in [5.41, 5.74) is 2.55.